The highest BCUT2D eigenvalue weighted by Crippen LogP contribution is 2.22. The molecule has 17 heavy (non-hydrogen) atoms. The third-order valence-electron chi connectivity index (χ3n) is 3.51. The molecule has 0 radical (unpaired) electrons. The van der Waals surface area contributed by atoms with Crippen molar-refractivity contribution in [2.45, 2.75) is 44.4 Å². The minimum atomic E-state index is -1.31. The first-order valence-corrected chi connectivity index (χ1v) is 6.33. The van der Waals surface area contributed by atoms with E-state index in [1.165, 1.54) is 26.7 Å². The molecule has 2 rings (SSSR count). The van der Waals surface area contributed by atoms with Crippen molar-refractivity contribution in [2.75, 3.05) is 26.2 Å². The molecule has 2 atom stereocenters. The number of ether oxygens (including phenoxy) is 1. The zero-order chi connectivity index (χ0) is 12.5. The summed E-state index contributed by atoms with van der Waals surface area (Å²) in [4.78, 5) is 13.9. The minimum absolute atomic E-state index is 0.0515. The van der Waals surface area contributed by atoms with Gasteiger partial charge >= 0.3 is 0 Å². The first kappa shape index (κ1) is 12.8. The van der Waals surface area contributed by atoms with E-state index >= 15 is 0 Å². The van der Waals surface area contributed by atoms with Gasteiger partial charge in [-0.15, -0.1) is 0 Å². The molecule has 98 valence electrons. The van der Waals surface area contributed by atoms with E-state index < -0.39 is 5.60 Å². The van der Waals surface area contributed by atoms with Crippen molar-refractivity contribution in [1.29, 1.82) is 0 Å². The SMILES string of the molecule is CC(C)(O)C(=O)NCC1CN2CCCC2CO1. The van der Waals surface area contributed by atoms with E-state index in [2.05, 4.69) is 10.2 Å². The molecule has 5 nitrogen and oxygen atoms in total. The molecule has 2 N–H and O–H groups in total. The third-order valence-corrected chi connectivity index (χ3v) is 3.51. The van der Waals surface area contributed by atoms with Crippen molar-refractivity contribution in [2.24, 2.45) is 0 Å². The summed E-state index contributed by atoms with van der Waals surface area (Å²) >= 11 is 0. The fourth-order valence-electron chi connectivity index (χ4n) is 2.43. The summed E-state index contributed by atoms with van der Waals surface area (Å²) in [5.74, 6) is -0.343. The van der Waals surface area contributed by atoms with Crippen molar-refractivity contribution < 1.29 is 14.6 Å². The van der Waals surface area contributed by atoms with Gasteiger partial charge in [0.25, 0.3) is 5.91 Å². The highest BCUT2D eigenvalue weighted by Gasteiger charge is 2.33. The zero-order valence-corrected chi connectivity index (χ0v) is 10.6. The Balaban J connectivity index is 1.75. The number of hydrogen-bond donors (Lipinski definition) is 2. The fourth-order valence-corrected chi connectivity index (χ4v) is 2.43. The number of carbonyl (C=O) groups excluding carboxylic acids is 1. The Hall–Kier alpha value is -0.650. The van der Waals surface area contributed by atoms with Crippen LogP contribution in [0, 0.1) is 0 Å². The van der Waals surface area contributed by atoms with Gasteiger partial charge in [-0.3, -0.25) is 9.69 Å². The van der Waals surface area contributed by atoms with E-state index in [0.717, 1.165) is 19.7 Å². The molecule has 1 amide bonds. The smallest absolute Gasteiger partial charge is 0.251 e. The topological polar surface area (TPSA) is 61.8 Å². The van der Waals surface area contributed by atoms with Crippen LogP contribution >= 0.6 is 0 Å². The van der Waals surface area contributed by atoms with Gasteiger partial charge in [0.2, 0.25) is 0 Å². The maximum atomic E-state index is 11.5. The Morgan fingerprint density at radius 3 is 3.06 bits per heavy atom. The summed E-state index contributed by atoms with van der Waals surface area (Å²) < 4.78 is 5.72. The summed E-state index contributed by atoms with van der Waals surface area (Å²) in [6.45, 7) is 6.25. The number of hydrogen-bond acceptors (Lipinski definition) is 4. The third kappa shape index (κ3) is 3.18. The second-order valence-corrected chi connectivity index (χ2v) is 5.52. The van der Waals surface area contributed by atoms with E-state index in [9.17, 15) is 9.90 Å². The molecule has 0 aromatic rings. The Kier molecular flexibility index (Phi) is 3.70. The standard InChI is InChI=1S/C12H22N2O3/c1-12(2,16)11(15)13-6-10-7-14-5-3-4-9(14)8-17-10/h9-10,16H,3-8H2,1-2H3,(H,13,15). The van der Waals surface area contributed by atoms with Crippen LogP contribution in [0.15, 0.2) is 0 Å². The molecule has 2 unspecified atom stereocenters. The van der Waals surface area contributed by atoms with Gasteiger partial charge in [0.15, 0.2) is 0 Å². The van der Waals surface area contributed by atoms with Crippen molar-refractivity contribution in [3.8, 4) is 0 Å². The van der Waals surface area contributed by atoms with Crippen molar-refractivity contribution in [3.05, 3.63) is 0 Å². The Bertz CT molecular complexity index is 288. The maximum absolute atomic E-state index is 11.5. The van der Waals surface area contributed by atoms with Gasteiger partial charge in [-0.25, -0.2) is 0 Å². The molecule has 0 aliphatic carbocycles. The Labute approximate surface area is 102 Å². The first-order valence-electron chi connectivity index (χ1n) is 6.33. The normalized spacial score (nSPS) is 30.1. The molecule has 2 aliphatic rings. The van der Waals surface area contributed by atoms with Crippen LogP contribution in [0.25, 0.3) is 0 Å². The van der Waals surface area contributed by atoms with Gasteiger partial charge in [0.05, 0.1) is 12.7 Å². The van der Waals surface area contributed by atoms with Crippen molar-refractivity contribution in [3.63, 3.8) is 0 Å². The molecule has 2 aliphatic heterocycles. The molecule has 0 bridgehead atoms. The van der Waals surface area contributed by atoms with Crippen LogP contribution in [0.2, 0.25) is 0 Å². The second-order valence-electron chi connectivity index (χ2n) is 5.52. The van der Waals surface area contributed by atoms with Crippen LogP contribution < -0.4 is 5.32 Å². The lowest BCUT2D eigenvalue weighted by Crippen LogP contribution is -2.52. The van der Waals surface area contributed by atoms with Crippen LogP contribution in [-0.2, 0) is 9.53 Å². The molecule has 2 saturated heterocycles. The maximum Gasteiger partial charge on any atom is 0.251 e. The van der Waals surface area contributed by atoms with Crippen molar-refractivity contribution in [1.82, 2.24) is 10.2 Å². The average Bonchev–Trinajstić information content (AvgIpc) is 2.71. The number of rotatable bonds is 3. The number of nitrogens with zero attached hydrogens (tertiary/aromatic N) is 1. The summed E-state index contributed by atoms with van der Waals surface area (Å²) in [5.41, 5.74) is -1.31. The van der Waals surface area contributed by atoms with E-state index in [0.29, 0.717) is 12.6 Å². The molecule has 2 heterocycles. The van der Waals surface area contributed by atoms with E-state index in [1.54, 1.807) is 0 Å². The fraction of sp³-hybridized carbons (Fsp3) is 0.917. The molecule has 0 saturated carbocycles. The summed E-state index contributed by atoms with van der Waals surface area (Å²) in [6, 6.07) is 0.580. The van der Waals surface area contributed by atoms with Gasteiger partial charge < -0.3 is 15.2 Å². The van der Waals surface area contributed by atoms with Gasteiger partial charge in [0.1, 0.15) is 5.60 Å². The minimum Gasteiger partial charge on any atom is -0.381 e. The highest BCUT2D eigenvalue weighted by molar-refractivity contribution is 5.83. The average molecular weight is 242 g/mol. The highest BCUT2D eigenvalue weighted by atomic mass is 16.5. The lowest BCUT2D eigenvalue weighted by molar-refractivity contribution is -0.137. The largest absolute Gasteiger partial charge is 0.381 e. The number of carbonyl (C=O) groups is 1. The summed E-state index contributed by atoms with van der Waals surface area (Å²) in [7, 11) is 0. The van der Waals surface area contributed by atoms with E-state index in [1.807, 2.05) is 0 Å². The van der Waals surface area contributed by atoms with Crippen LogP contribution in [0.3, 0.4) is 0 Å². The lowest BCUT2D eigenvalue weighted by Gasteiger charge is -2.35. The predicted molar refractivity (Wildman–Crippen MR) is 63.6 cm³/mol. The molecular formula is C12H22N2O3. The number of amides is 1. The molecule has 2 fully saturated rings. The summed E-state index contributed by atoms with van der Waals surface area (Å²) in [5, 5.41) is 12.2. The second kappa shape index (κ2) is 4.92. The summed E-state index contributed by atoms with van der Waals surface area (Å²) in [6.07, 6.45) is 2.52. The van der Waals surface area contributed by atoms with Crippen LogP contribution in [0.1, 0.15) is 26.7 Å². The van der Waals surface area contributed by atoms with E-state index in [-0.39, 0.29) is 12.0 Å². The number of aliphatic hydroxyl groups is 1. The van der Waals surface area contributed by atoms with E-state index in [4.69, 9.17) is 4.74 Å². The van der Waals surface area contributed by atoms with Gasteiger partial charge in [0, 0.05) is 19.1 Å². The van der Waals surface area contributed by atoms with Gasteiger partial charge in [-0.2, -0.15) is 0 Å². The monoisotopic (exact) mass is 242 g/mol. The zero-order valence-electron chi connectivity index (χ0n) is 10.6. The quantitative estimate of drug-likeness (QED) is 0.715. The number of fused-ring (bicyclic) bond motifs is 1. The molecule has 0 aromatic carbocycles. The lowest BCUT2D eigenvalue weighted by atomic mass is 10.1. The molecule has 0 spiro atoms. The Morgan fingerprint density at radius 1 is 1.59 bits per heavy atom. The molecule has 5 heteroatoms. The van der Waals surface area contributed by atoms with Crippen LogP contribution in [0.4, 0.5) is 0 Å². The first-order chi connectivity index (χ1) is 7.97. The van der Waals surface area contributed by atoms with Gasteiger partial charge in [-0.05, 0) is 33.2 Å². The van der Waals surface area contributed by atoms with Crippen molar-refractivity contribution >= 4 is 5.91 Å². The molecule has 0 aromatic heterocycles. The predicted octanol–water partition coefficient (Wildman–Crippen LogP) is -0.263. The number of morpholine rings is 1. The Morgan fingerprint density at radius 2 is 2.35 bits per heavy atom. The molecular weight excluding hydrogens is 220 g/mol. The van der Waals surface area contributed by atoms with Gasteiger partial charge in [-0.1, -0.05) is 0 Å². The van der Waals surface area contributed by atoms with Crippen LogP contribution in [-0.4, -0.2) is 59.9 Å². The van der Waals surface area contributed by atoms with Crippen LogP contribution in [0.5, 0.6) is 0 Å². The number of nitrogens with one attached hydrogen (secondary N) is 1.